The zero-order chi connectivity index (χ0) is 13.1. The molecule has 2 rings (SSSR count). The Bertz CT molecular complexity index is 569. The molecule has 2 nitrogen and oxygen atoms in total. The van der Waals surface area contributed by atoms with Crippen molar-refractivity contribution in [3.8, 4) is 0 Å². The Morgan fingerprint density at radius 1 is 1.17 bits per heavy atom. The van der Waals surface area contributed by atoms with Crippen molar-refractivity contribution in [3.63, 3.8) is 0 Å². The van der Waals surface area contributed by atoms with E-state index in [4.69, 9.17) is 18.0 Å². The second-order valence-electron chi connectivity index (χ2n) is 3.93. The minimum Gasteiger partial charge on any atom is -0.389 e. The highest BCUT2D eigenvalue weighted by Gasteiger charge is 2.09. The lowest BCUT2D eigenvalue weighted by Gasteiger charge is -2.21. The van der Waals surface area contributed by atoms with E-state index in [0.717, 1.165) is 21.4 Å². The summed E-state index contributed by atoms with van der Waals surface area (Å²) in [5.41, 5.74) is 8.68. The Balaban J connectivity index is 2.37. The van der Waals surface area contributed by atoms with Crippen LogP contribution in [0.4, 0.5) is 11.4 Å². The normalized spacial score (nSPS) is 10.1. The zero-order valence-corrected chi connectivity index (χ0v) is 12.3. The molecule has 0 radical (unpaired) electrons. The van der Waals surface area contributed by atoms with Crippen molar-refractivity contribution in [1.82, 2.24) is 0 Å². The second kappa shape index (κ2) is 5.50. The van der Waals surface area contributed by atoms with Crippen LogP contribution in [0.2, 0.25) is 0 Å². The van der Waals surface area contributed by atoms with Gasteiger partial charge in [0.05, 0.1) is 5.69 Å². The summed E-state index contributed by atoms with van der Waals surface area (Å²) in [6, 6.07) is 16.0. The van der Waals surface area contributed by atoms with Gasteiger partial charge < -0.3 is 10.6 Å². The van der Waals surface area contributed by atoms with Crippen molar-refractivity contribution >= 4 is 44.5 Å². The van der Waals surface area contributed by atoms with E-state index in [1.807, 2.05) is 43.4 Å². The van der Waals surface area contributed by atoms with Gasteiger partial charge in [-0.3, -0.25) is 0 Å². The Labute approximate surface area is 121 Å². The van der Waals surface area contributed by atoms with E-state index < -0.39 is 0 Å². The standard InChI is InChI=1S/C14H13BrN2S/c1-17(11-5-3-2-4-6-11)13-8-7-10(14(16)18)9-12(13)15/h2-9H,1H3,(H2,16,18). The van der Waals surface area contributed by atoms with Crippen LogP contribution in [0.15, 0.2) is 53.0 Å². The van der Waals surface area contributed by atoms with Crippen LogP contribution < -0.4 is 10.6 Å². The van der Waals surface area contributed by atoms with Crippen LogP contribution in [0.25, 0.3) is 0 Å². The molecule has 0 aliphatic rings. The van der Waals surface area contributed by atoms with Crippen molar-refractivity contribution in [3.05, 3.63) is 58.6 Å². The quantitative estimate of drug-likeness (QED) is 0.871. The minimum absolute atomic E-state index is 0.407. The molecule has 2 aromatic carbocycles. The van der Waals surface area contributed by atoms with Crippen LogP contribution in [0.3, 0.4) is 0 Å². The van der Waals surface area contributed by atoms with Crippen molar-refractivity contribution in [1.29, 1.82) is 0 Å². The van der Waals surface area contributed by atoms with Crippen LogP contribution in [0.5, 0.6) is 0 Å². The number of hydrogen-bond donors (Lipinski definition) is 1. The smallest absolute Gasteiger partial charge is 0.104 e. The molecule has 0 saturated carbocycles. The topological polar surface area (TPSA) is 29.3 Å². The van der Waals surface area contributed by atoms with E-state index >= 15 is 0 Å². The highest BCUT2D eigenvalue weighted by Crippen LogP contribution is 2.31. The largest absolute Gasteiger partial charge is 0.389 e. The molecule has 18 heavy (non-hydrogen) atoms. The van der Waals surface area contributed by atoms with Crippen LogP contribution in [0, 0.1) is 0 Å². The molecule has 0 unspecified atom stereocenters. The predicted octanol–water partition coefficient (Wildman–Crippen LogP) is 3.85. The minimum atomic E-state index is 0.407. The maximum Gasteiger partial charge on any atom is 0.104 e. The predicted molar refractivity (Wildman–Crippen MR) is 84.5 cm³/mol. The summed E-state index contributed by atoms with van der Waals surface area (Å²) in [5.74, 6) is 0. The Morgan fingerprint density at radius 2 is 1.83 bits per heavy atom. The van der Waals surface area contributed by atoms with Crippen molar-refractivity contribution in [2.75, 3.05) is 11.9 Å². The average Bonchev–Trinajstić information content (AvgIpc) is 2.38. The summed E-state index contributed by atoms with van der Waals surface area (Å²) in [6.45, 7) is 0. The molecule has 2 N–H and O–H groups in total. The highest BCUT2D eigenvalue weighted by molar-refractivity contribution is 9.10. The van der Waals surface area contributed by atoms with Gasteiger partial charge in [0.2, 0.25) is 0 Å². The molecule has 92 valence electrons. The van der Waals surface area contributed by atoms with Gasteiger partial charge in [-0.1, -0.05) is 30.4 Å². The van der Waals surface area contributed by atoms with Gasteiger partial charge in [-0.05, 0) is 46.3 Å². The van der Waals surface area contributed by atoms with Crippen LogP contribution in [-0.4, -0.2) is 12.0 Å². The van der Waals surface area contributed by atoms with Crippen LogP contribution in [-0.2, 0) is 0 Å². The van der Waals surface area contributed by atoms with E-state index in [-0.39, 0.29) is 0 Å². The van der Waals surface area contributed by atoms with Gasteiger partial charge in [-0.25, -0.2) is 0 Å². The lowest BCUT2D eigenvalue weighted by Crippen LogP contribution is -2.12. The molecule has 0 bridgehead atoms. The molecule has 0 fully saturated rings. The Hall–Kier alpha value is -1.39. The summed E-state index contributed by atoms with van der Waals surface area (Å²) >= 11 is 8.52. The fraction of sp³-hybridized carbons (Fsp3) is 0.0714. The molecule has 0 saturated heterocycles. The van der Waals surface area contributed by atoms with Gasteiger partial charge in [-0.2, -0.15) is 0 Å². The summed E-state index contributed by atoms with van der Waals surface area (Å²) < 4.78 is 0.971. The highest BCUT2D eigenvalue weighted by atomic mass is 79.9. The molecular weight excluding hydrogens is 308 g/mol. The first-order chi connectivity index (χ1) is 8.59. The van der Waals surface area contributed by atoms with Crippen LogP contribution in [0.1, 0.15) is 5.56 Å². The van der Waals surface area contributed by atoms with Crippen molar-refractivity contribution in [2.45, 2.75) is 0 Å². The number of thiocarbonyl (C=S) groups is 1. The number of nitrogens with zero attached hydrogens (tertiary/aromatic N) is 1. The van der Waals surface area contributed by atoms with E-state index in [9.17, 15) is 0 Å². The molecule has 4 heteroatoms. The van der Waals surface area contributed by atoms with E-state index in [1.165, 1.54) is 0 Å². The number of para-hydroxylation sites is 1. The number of nitrogens with two attached hydrogens (primary N) is 1. The SMILES string of the molecule is CN(c1ccccc1)c1ccc(C(N)=S)cc1Br. The third-order valence-electron chi connectivity index (χ3n) is 2.74. The van der Waals surface area contributed by atoms with Gasteiger partial charge in [0.15, 0.2) is 0 Å². The Morgan fingerprint density at radius 3 is 2.39 bits per heavy atom. The number of anilines is 2. The fourth-order valence-corrected chi connectivity index (χ4v) is 2.49. The molecule has 0 aliphatic carbocycles. The first kappa shape index (κ1) is 13.1. The lowest BCUT2D eigenvalue weighted by molar-refractivity contribution is 1.20. The summed E-state index contributed by atoms with van der Waals surface area (Å²) in [5, 5.41) is 0. The van der Waals surface area contributed by atoms with Gasteiger partial charge in [0.1, 0.15) is 4.99 Å². The number of halogens is 1. The van der Waals surface area contributed by atoms with Crippen molar-refractivity contribution in [2.24, 2.45) is 5.73 Å². The van der Waals surface area contributed by atoms with Gasteiger partial charge in [0, 0.05) is 22.8 Å². The van der Waals surface area contributed by atoms with Gasteiger partial charge in [0.25, 0.3) is 0 Å². The van der Waals surface area contributed by atoms with E-state index in [1.54, 1.807) is 0 Å². The van der Waals surface area contributed by atoms with Gasteiger partial charge in [-0.15, -0.1) is 0 Å². The zero-order valence-electron chi connectivity index (χ0n) is 9.93. The van der Waals surface area contributed by atoms with Crippen LogP contribution >= 0.6 is 28.1 Å². The maximum atomic E-state index is 5.62. The summed E-state index contributed by atoms with van der Waals surface area (Å²) in [6.07, 6.45) is 0. The molecule has 0 heterocycles. The fourth-order valence-electron chi connectivity index (χ4n) is 1.72. The average molecular weight is 321 g/mol. The summed E-state index contributed by atoms with van der Waals surface area (Å²) in [7, 11) is 2.02. The van der Waals surface area contributed by atoms with Gasteiger partial charge >= 0.3 is 0 Å². The molecule has 0 atom stereocenters. The maximum absolute atomic E-state index is 5.62. The number of benzene rings is 2. The van der Waals surface area contributed by atoms with E-state index in [2.05, 4.69) is 33.0 Å². The molecule has 0 aliphatic heterocycles. The van der Waals surface area contributed by atoms with E-state index in [0.29, 0.717) is 4.99 Å². The Kier molecular flexibility index (Phi) is 3.99. The third kappa shape index (κ3) is 2.71. The molecule has 0 spiro atoms. The second-order valence-corrected chi connectivity index (χ2v) is 5.22. The molecule has 0 amide bonds. The molecular formula is C14H13BrN2S. The summed E-state index contributed by atoms with van der Waals surface area (Å²) in [4.78, 5) is 2.51. The number of hydrogen-bond acceptors (Lipinski definition) is 2. The molecule has 0 aromatic heterocycles. The molecule has 2 aromatic rings. The third-order valence-corrected chi connectivity index (χ3v) is 3.61. The lowest BCUT2D eigenvalue weighted by atomic mass is 10.2. The first-order valence-electron chi connectivity index (χ1n) is 5.47. The first-order valence-corrected chi connectivity index (χ1v) is 6.68. The van der Waals surface area contributed by atoms with Crippen molar-refractivity contribution < 1.29 is 0 Å². The number of rotatable bonds is 3. The monoisotopic (exact) mass is 320 g/mol.